The predicted molar refractivity (Wildman–Crippen MR) is 156 cm³/mol. The third-order valence-corrected chi connectivity index (χ3v) is 9.07. The second-order valence-corrected chi connectivity index (χ2v) is 11.7. The number of nitrogens with zero attached hydrogens (tertiary/aromatic N) is 3. The Morgan fingerprint density at radius 1 is 1.00 bits per heavy atom. The zero-order valence-corrected chi connectivity index (χ0v) is 23.5. The van der Waals surface area contributed by atoms with E-state index in [4.69, 9.17) is 4.74 Å². The van der Waals surface area contributed by atoms with E-state index >= 15 is 0 Å². The number of carbonyl (C=O) groups is 2. The van der Waals surface area contributed by atoms with Crippen LogP contribution in [0.15, 0.2) is 73.3 Å². The minimum absolute atomic E-state index is 0.00903. The summed E-state index contributed by atoms with van der Waals surface area (Å²) in [5.74, 6) is 0.907. The van der Waals surface area contributed by atoms with E-state index in [1.807, 2.05) is 70.5 Å². The summed E-state index contributed by atoms with van der Waals surface area (Å²) < 4.78 is 5.73. The first kappa shape index (κ1) is 28.4. The summed E-state index contributed by atoms with van der Waals surface area (Å²) in [5.41, 5.74) is -0.177. The topological polar surface area (TPSA) is 73.3 Å². The Morgan fingerprint density at radius 2 is 1.65 bits per heavy atom. The molecule has 2 aromatic carbocycles. The van der Waals surface area contributed by atoms with Gasteiger partial charge in [0.2, 0.25) is 5.91 Å². The molecule has 0 radical (unpaired) electrons. The Morgan fingerprint density at radius 3 is 2.30 bits per heavy atom. The summed E-state index contributed by atoms with van der Waals surface area (Å²) in [6.45, 7) is 7.71. The molecule has 2 amide bonds. The molecule has 1 saturated carbocycles. The van der Waals surface area contributed by atoms with Crippen LogP contribution in [-0.4, -0.2) is 83.5 Å². The lowest BCUT2D eigenvalue weighted by atomic mass is 9.83. The van der Waals surface area contributed by atoms with E-state index < -0.39 is 5.60 Å². The van der Waals surface area contributed by atoms with Gasteiger partial charge in [-0.25, -0.2) is 0 Å². The van der Waals surface area contributed by atoms with Crippen molar-refractivity contribution in [3.8, 4) is 5.75 Å². The number of amides is 2. The molecule has 2 unspecified atom stereocenters. The Labute approximate surface area is 238 Å². The number of hydrogen-bond donors (Lipinski definition) is 1. The molecule has 2 aliphatic heterocycles. The fourth-order valence-corrected chi connectivity index (χ4v) is 6.83. The molecule has 2 heterocycles. The molecule has 2 atom stereocenters. The molecule has 0 spiro atoms. The molecular formula is C33H43N3O4. The zero-order valence-electron chi connectivity index (χ0n) is 23.5. The molecule has 2 saturated heterocycles. The number of β-amino-alcohol motifs (C(OH)–C–C–N with tert-alkyl or cyclic N) is 1. The summed E-state index contributed by atoms with van der Waals surface area (Å²) in [6.07, 6.45) is 7.66. The van der Waals surface area contributed by atoms with Gasteiger partial charge in [-0.05, 0) is 43.4 Å². The third-order valence-electron chi connectivity index (χ3n) is 9.07. The van der Waals surface area contributed by atoms with Crippen LogP contribution >= 0.6 is 0 Å². The number of rotatable bonds is 10. The lowest BCUT2D eigenvalue weighted by molar-refractivity contribution is -0.136. The number of para-hydroxylation sites is 1. The van der Waals surface area contributed by atoms with Crippen molar-refractivity contribution in [1.82, 2.24) is 14.7 Å². The number of hydrogen-bond acceptors (Lipinski definition) is 5. The van der Waals surface area contributed by atoms with Crippen molar-refractivity contribution in [3.63, 3.8) is 0 Å². The molecule has 7 heteroatoms. The highest BCUT2D eigenvalue weighted by Gasteiger charge is 2.49. The van der Waals surface area contributed by atoms with Crippen LogP contribution in [0.1, 0.15) is 44.1 Å². The summed E-state index contributed by atoms with van der Waals surface area (Å²) in [6, 6.07) is 19.4. The largest absolute Gasteiger partial charge is 0.484 e. The number of benzene rings is 2. The van der Waals surface area contributed by atoms with Crippen molar-refractivity contribution in [3.05, 3.63) is 78.9 Å². The number of carbonyl (C=O) groups excluding carboxylic acids is 2. The van der Waals surface area contributed by atoms with Crippen molar-refractivity contribution in [2.45, 2.75) is 50.2 Å². The second-order valence-electron chi connectivity index (χ2n) is 11.7. The molecule has 0 aromatic heterocycles. The van der Waals surface area contributed by atoms with Gasteiger partial charge in [-0.1, -0.05) is 67.4 Å². The van der Waals surface area contributed by atoms with Crippen LogP contribution in [0.5, 0.6) is 5.75 Å². The Balaban J connectivity index is 1.21. The minimum atomic E-state index is -1.06. The lowest BCUT2D eigenvalue weighted by Crippen LogP contribution is -2.50. The van der Waals surface area contributed by atoms with Crippen LogP contribution < -0.4 is 4.74 Å². The molecule has 0 bridgehead atoms. The van der Waals surface area contributed by atoms with Gasteiger partial charge in [-0.2, -0.15) is 0 Å². The number of likely N-dealkylation sites (tertiary alicyclic amines) is 2. The smallest absolute Gasteiger partial charge is 0.261 e. The maximum absolute atomic E-state index is 13.3. The van der Waals surface area contributed by atoms with Gasteiger partial charge in [0.1, 0.15) is 11.4 Å². The van der Waals surface area contributed by atoms with E-state index in [1.54, 1.807) is 6.08 Å². The Hall–Kier alpha value is -3.16. The van der Waals surface area contributed by atoms with E-state index in [1.165, 1.54) is 0 Å². The highest BCUT2D eigenvalue weighted by atomic mass is 16.5. The predicted octanol–water partition coefficient (Wildman–Crippen LogP) is 4.08. The van der Waals surface area contributed by atoms with Gasteiger partial charge in [-0.15, -0.1) is 6.58 Å². The number of aliphatic hydroxyl groups is 1. The summed E-state index contributed by atoms with van der Waals surface area (Å²) in [5, 5.41) is 12.1. The highest BCUT2D eigenvalue weighted by Crippen LogP contribution is 2.40. The van der Waals surface area contributed by atoms with Crippen molar-refractivity contribution in [2.24, 2.45) is 11.8 Å². The molecule has 3 fully saturated rings. The SMILES string of the molecule is C=CCN(C(=O)COc1ccccc1)C1CCN(CC2CN(C(=O)C3CCCC3)CC2(O)c2ccccc2)CC1. The van der Waals surface area contributed by atoms with Gasteiger partial charge in [0.25, 0.3) is 5.91 Å². The quantitative estimate of drug-likeness (QED) is 0.456. The van der Waals surface area contributed by atoms with Gasteiger partial charge in [0, 0.05) is 50.6 Å². The normalized spacial score (nSPS) is 24.2. The first-order valence-corrected chi connectivity index (χ1v) is 14.8. The van der Waals surface area contributed by atoms with E-state index in [0.29, 0.717) is 25.4 Å². The average molecular weight is 546 g/mol. The lowest BCUT2D eigenvalue weighted by Gasteiger charge is -2.40. The average Bonchev–Trinajstić information content (AvgIpc) is 3.65. The summed E-state index contributed by atoms with van der Waals surface area (Å²) in [4.78, 5) is 32.6. The maximum atomic E-state index is 13.3. The molecule has 7 nitrogen and oxygen atoms in total. The number of ether oxygens (including phenoxy) is 1. The first-order valence-electron chi connectivity index (χ1n) is 14.8. The van der Waals surface area contributed by atoms with Crippen LogP contribution in [0, 0.1) is 11.8 Å². The van der Waals surface area contributed by atoms with E-state index in [9.17, 15) is 14.7 Å². The van der Waals surface area contributed by atoms with E-state index in [-0.39, 0.29) is 36.3 Å². The van der Waals surface area contributed by atoms with Gasteiger partial charge < -0.3 is 24.5 Å². The first-order chi connectivity index (χ1) is 19.5. The molecule has 3 aliphatic rings. The molecule has 1 aliphatic carbocycles. The maximum Gasteiger partial charge on any atom is 0.261 e. The van der Waals surface area contributed by atoms with Crippen molar-refractivity contribution < 1.29 is 19.4 Å². The molecule has 5 rings (SSSR count). The van der Waals surface area contributed by atoms with Crippen molar-refractivity contribution in [1.29, 1.82) is 0 Å². The standard InChI is InChI=1S/C33H43N3O4/c1-2-19-36(31(37)24-40-30-15-7-4-8-16-30)29-17-20-34(21-18-29)22-28-23-35(32(38)26-11-9-10-12-26)25-33(28,39)27-13-5-3-6-14-27/h2-8,13-16,26,28-29,39H,1,9-12,17-25H2. The summed E-state index contributed by atoms with van der Waals surface area (Å²) in [7, 11) is 0. The highest BCUT2D eigenvalue weighted by molar-refractivity contribution is 5.80. The molecule has 1 N–H and O–H groups in total. The van der Waals surface area contributed by atoms with E-state index in [0.717, 1.165) is 63.7 Å². The van der Waals surface area contributed by atoms with Crippen LogP contribution in [0.2, 0.25) is 0 Å². The van der Waals surface area contributed by atoms with Crippen LogP contribution in [-0.2, 0) is 15.2 Å². The molecule has 40 heavy (non-hydrogen) atoms. The number of piperidine rings is 1. The molecular weight excluding hydrogens is 502 g/mol. The third kappa shape index (κ3) is 6.42. The zero-order chi connectivity index (χ0) is 28.0. The van der Waals surface area contributed by atoms with Crippen LogP contribution in [0.3, 0.4) is 0 Å². The van der Waals surface area contributed by atoms with Crippen LogP contribution in [0.25, 0.3) is 0 Å². The van der Waals surface area contributed by atoms with Gasteiger partial charge >= 0.3 is 0 Å². The van der Waals surface area contributed by atoms with E-state index in [2.05, 4.69) is 11.5 Å². The fourth-order valence-electron chi connectivity index (χ4n) is 6.83. The molecule has 2 aromatic rings. The van der Waals surface area contributed by atoms with Crippen molar-refractivity contribution in [2.75, 3.05) is 45.9 Å². The van der Waals surface area contributed by atoms with Gasteiger partial charge in [0.05, 0.1) is 6.54 Å². The van der Waals surface area contributed by atoms with Crippen LogP contribution in [0.4, 0.5) is 0 Å². The minimum Gasteiger partial charge on any atom is -0.484 e. The monoisotopic (exact) mass is 545 g/mol. The van der Waals surface area contributed by atoms with Gasteiger partial charge in [-0.3, -0.25) is 9.59 Å². The fraction of sp³-hybridized carbons (Fsp3) is 0.515. The second kappa shape index (κ2) is 13.0. The Kier molecular flexibility index (Phi) is 9.22. The summed E-state index contributed by atoms with van der Waals surface area (Å²) >= 11 is 0. The Bertz CT molecular complexity index is 1130. The van der Waals surface area contributed by atoms with Gasteiger partial charge in [0.15, 0.2) is 6.61 Å². The molecule has 214 valence electrons. The van der Waals surface area contributed by atoms with Crippen molar-refractivity contribution >= 4 is 11.8 Å².